The van der Waals surface area contributed by atoms with Gasteiger partial charge in [-0.05, 0) is 19.3 Å². The summed E-state index contributed by atoms with van der Waals surface area (Å²) in [4.78, 5) is 12.5. The molecule has 0 aromatic rings. The summed E-state index contributed by atoms with van der Waals surface area (Å²) in [6.07, 6.45) is 68.9. The fourth-order valence-electron chi connectivity index (χ4n) is 9.54. The third-order valence-electron chi connectivity index (χ3n) is 14.1. The molecule has 1 amide bonds. The van der Waals surface area contributed by atoms with Crippen molar-refractivity contribution >= 4 is 5.91 Å². The van der Waals surface area contributed by atoms with Crippen molar-refractivity contribution in [2.75, 3.05) is 6.61 Å². The molecule has 3 unspecified atom stereocenters. The maximum absolute atomic E-state index is 12.5. The van der Waals surface area contributed by atoms with Gasteiger partial charge in [0.15, 0.2) is 0 Å². The Hall–Kier alpha value is -0.910. The van der Waals surface area contributed by atoms with Crippen LogP contribution in [0.5, 0.6) is 0 Å². The molecule has 0 bridgehead atoms. The van der Waals surface area contributed by atoms with E-state index in [0.29, 0.717) is 6.42 Å². The molecular weight excluding hydrogens is 787 g/mol. The van der Waals surface area contributed by atoms with Crippen LogP contribution in [0.3, 0.4) is 0 Å². The Kier molecular flexibility index (Phi) is 53.9. The number of unbranched alkanes of at least 4 members (excludes halogenated alkanes) is 47. The Labute approximate surface area is 401 Å². The molecule has 4 N–H and O–H groups in total. The van der Waals surface area contributed by atoms with Gasteiger partial charge in [-0.1, -0.05) is 328 Å². The van der Waals surface area contributed by atoms with Gasteiger partial charge in [0.1, 0.15) is 6.10 Å². The van der Waals surface area contributed by atoms with E-state index in [9.17, 15) is 20.1 Å². The fourth-order valence-corrected chi connectivity index (χ4v) is 9.54. The summed E-state index contributed by atoms with van der Waals surface area (Å²) in [5.74, 6) is -0.497. The van der Waals surface area contributed by atoms with Crippen molar-refractivity contribution in [1.82, 2.24) is 5.32 Å². The van der Waals surface area contributed by atoms with E-state index < -0.39 is 24.2 Å². The Morgan fingerprint density at radius 3 is 0.859 bits per heavy atom. The van der Waals surface area contributed by atoms with Crippen LogP contribution in [-0.4, -0.2) is 46.1 Å². The minimum Gasteiger partial charge on any atom is -0.394 e. The van der Waals surface area contributed by atoms with Gasteiger partial charge < -0.3 is 20.6 Å². The first kappa shape index (κ1) is 63.1. The number of hydrogen-bond donors (Lipinski definition) is 4. The van der Waals surface area contributed by atoms with Crippen LogP contribution in [0.2, 0.25) is 0 Å². The molecule has 5 nitrogen and oxygen atoms in total. The van der Waals surface area contributed by atoms with Gasteiger partial charge in [-0.2, -0.15) is 0 Å². The van der Waals surface area contributed by atoms with Gasteiger partial charge in [0.25, 0.3) is 0 Å². The molecule has 64 heavy (non-hydrogen) atoms. The lowest BCUT2D eigenvalue weighted by Crippen LogP contribution is -2.48. The van der Waals surface area contributed by atoms with E-state index in [-0.39, 0.29) is 6.61 Å². The average Bonchev–Trinajstić information content (AvgIpc) is 3.30. The van der Waals surface area contributed by atoms with E-state index in [1.54, 1.807) is 6.08 Å². The van der Waals surface area contributed by atoms with Crippen LogP contribution in [0, 0.1) is 0 Å². The van der Waals surface area contributed by atoms with Crippen molar-refractivity contribution in [2.45, 2.75) is 353 Å². The van der Waals surface area contributed by atoms with Crippen molar-refractivity contribution in [3.8, 4) is 0 Å². The maximum atomic E-state index is 12.5. The van der Waals surface area contributed by atoms with Gasteiger partial charge in [-0.25, -0.2) is 0 Å². The lowest BCUT2D eigenvalue weighted by atomic mass is 10.0. The zero-order chi connectivity index (χ0) is 46.5. The minimum atomic E-state index is -1.09. The van der Waals surface area contributed by atoms with E-state index in [1.807, 2.05) is 6.08 Å². The molecule has 0 radical (unpaired) electrons. The van der Waals surface area contributed by atoms with Crippen molar-refractivity contribution in [3.05, 3.63) is 12.2 Å². The lowest BCUT2D eigenvalue weighted by molar-refractivity contribution is -0.131. The average molecular weight is 905 g/mol. The summed E-state index contributed by atoms with van der Waals surface area (Å²) in [5, 5.41) is 33.3. The maximum Gasteiger partial charge on any atom is 0.249 e. The number of hydrogen-bond acceptors (Lipinski definition) is 4. The molecule has 0 aliphatic heterocycles. The number of nitrogens with one attached hydrogen (secondary N) is 1. The second-order valence-electron chi connectivity index (χ2n) is 20.6. The zero-order valence-corrected chi connectivity index (χ0v) is 43.7. The van der Waals surface area contributed by atoms with Gasteiger partial charge in [0.05, 0.1) is 18.8 Å². The molecule has 3 atom stereocenters. The fraction of sp³-hybridized carbons (Fsp3) is 0.949. The van der Waals surface area contributed by atoms with Crippen molar-refractivity contribution in [3.63, 3.8) is 0 Å². The van der Waals surface area contributed by atoms with E-state index >= 15 is 0 Å². The molecule has 0 fully saturated rings. The highest BCUT2D eigenvalue weighted by atomic mass is 16.3. The second-order valence-corrected chi connectivity index (χ2v) is 20.6. The molecule has 0 saturated heterocycles. The van der Waals surface area contributed by atoms with Crippen LogP contribution >= 0.6 is 0 Å². The number of carbonyl (C=O) groups excluding carboxylic acids is 1. The van der Waals surface area contributed by atoms with Crippen molar-refractivity contribution in [1.29, 1.82) is 0 Å². The standard InChI is InChI=1S/C59H117NO4/c1-3-5-7-9-11-13-15-17-19-20-21-22-23-24-25-26-27-28-29-30-31-32-33-34-35-36-37-38-39-40-42-44-46-48-50-52-54-58(63)59(64)60-56(55-61)57(62)53-51-49-47-45-43-41-18-16-14-12-10-8-6-4-2/h51,53,56-58,61-63H,3-50,52,54-55H2,1-2H3,(H,60,64)/b53-51+. The van der Waals surface area contributed by atoms with Gasteiger partial charge in [0, 0.05) is 0 Å². The number of aliphatic hydroxyl groups is 3. The summed E-state index contributed by atoms with van der Waals surface area (Å²) in [7, 11) is 0. The van der Waals surface area contributed by atoms with Crippen molar-refractivity contribution in [2.24, 2.45) is 0 Å². The summed E-state index contributed by atoms with van der Waals surface area (Å²) in [6, 6.07) is -0.793. The first-order valence-corrected chi connectivity index (χ1v) is 29.5. The Morgan fingerprint density at radius 1 is 0.375 bits per heavy atom. The summed E-state index contributed by atoms with van der Waals surface area (Å²) in [5.41, 5.74) is 0. The Bertz CT molecular complexity index is 909. The molecular formula is C59H117NO4. The normalized spacial score (nSPS) is 13.3. The molecule has 0 rings (SSSR count). The van der Waals surface area contributed by atoms with Crippen LogP contribution in [0.25, 0.3) is 0 Å². The second kappa shape index (κ2) is 54.7. The molecule has 0 heterocycles. The highest BCUT2D eigenvalue weighted by Gasteiger charge is 2.22. The molecule has 0 aromatic heterocycles. The Morgan fingerprint density at radius 2 is 0.609 bits per heavy atom. The minimum absolute atomic E-state index is 0.359. The van der Waals surface area contributed by atoms with Gasteiger partial charge in [-0.3, -0.25) is 4.79 Å². The number of carbonyl (C=O) groups is 1. The summed E-state index contributed by atoms with van der Waals surface area (Å²) < 4.78 is 0. The van der Waals surface area contributed by atoms with Gasteiger partial charge >= 0.3 is 0 Å². The molecule has 0 spiro atoms. The van der Waals surface area contributed by atoms with Gasteiger partial charge in [0.2, 0.25) is 5.91 Å². The van der Waals surface area contributed by atoms with E-state index in [4.69, 9.17) is 0 Å². The molecule has 0 aliphatic carbocycles. The molecule has 0 aromatic carbocycles. The number of allylic oxidation sites excluding steroid dienone is 1. The topological polar surface area (TPSA) is 89.8 Å². The summed E-state index contributed by atoms with van der Waals surface area (Å²) >= 11 is 0. The third kappa shape index (κ3) is 49.0. The first-order valence-electron chi connectivity index (χ1n) is 29.5. The first-order chi connectivity index (χ1) is 31.6. The van der Waals surface area contributed by atoms with Crippen LogP contribution in [0.1, 0.15) is 335 Å². The zero-order valence-electron chi connectivity index (χ0n) is 43.7. The largest absolute Gasteiger partial charge is 0.394 e. The van der Waals surface area contributed by atoms with Crippen LogP contribution in [-0.2, 0) is 4.79 Å². The van der Waals surface area contributed by atoms with Crippen LogP contribution < -0.4 is 5.32 Å². The van der Waals surface area contributed by atoms with Crippen LogP contribution in [0.15, 0.2) is 12.2 Å². The van der Waals surface area contributed by atoms with Gasteiger partial charge in [-0.15, -0.1) is 0 Å². The van der Waals surface area contributed by atoms with Crippen molar-refractivity contribution < 1.29 is 20.1 Å². The number of aliphatic hydroxyl groups excluding tert-OH is 3. The summed E-state index contributed by atoms with van der Waals surface area (Å²) in [6.45, 7) is 4.21. The number of rotatable bonds is 55. The molecule has 0 saturated carbocycles. The van der Waals surface area contributed by atoms with E-state index in [1.165, 1.54) is 283 Å². The smallest absolute Gasteiger partial charge is 0.249 e. The Balaban J connectivity index is 3.43. The quantitative estimate of drug-likeness (QED) is 0.0362. The third-order valence-corrected chi connectivity index (χ3v) is 14.1. The lowest BCUT2D eigenvalue weighted by Gasteiger charge is -2.21. The van der Waals surface area contributed by atoms with E-state index in [2.05, 4.69) is 19.2 Å². The molecule has 382 valence electrons. The predicted molar refractivity (Wildman–Crippen MR) is 282 cm³/mol. The van der Waals surface area contributed by atoms with Crippen LogP contribution in [0.4, 0.5) is 0 Å². The SMILES string of the molecule is CCCCCCCCCCCCCC/C=C/C(O)C(CO)NC(=O)C(O)CCCCCCCCCCCCCCCCCCCCCCCCCCCCCCCCCCCCCC. The molecule has 0 aliphatic rings. The highest BCUT2D eigenvalue weighted by molar-refractivity contribution is 5.80. The molecule has 5 heteroatoms. The number of amides is 1. The van der Waals surface area contributed by atoms with E-state index in [0.717, 1.165) is 32.1 Å². The predicted octanol–water partition coefficient (Wildman–Crippen LogP) is 18.3. The highest BCUT2D eigenvalue weighted by Crippen LogP contribution is 2.18. The monoisotopic (exact) mass is 904 g/mol.